The van der Waals surface area contributed by atoms with Crippen LogP contribution < -0.4 is 10.7 Å². The highest BCUT2D eigenvalue weighted by atomic mass is 32.1. The zero-order valence-electron chi connectivity index (χ0n) is 9.45. The van der Waals surface area contributed by atoms with Crippen LogP contribution in [0.4, 0.5) is 5.82 Å². The van der Waals surface area contributed by atoms with Crippen LogP contribution in [0, 0.1) is 0 Å². The molecule has 6 heteroatoms. The Morgan fingerprint density at radius 3 is 2.56 bits per heavy atom. The molecule has 2 N–H and O–H groups in total. The monoisotopic (exact) mass is 257 g/mol. The molecule has 2 heterocycles. The Bertz CT molecular complexity index is 527. The third kappa shape index (κ3) is 3.91. The fraction of sp³-hybridized carbons (Fsp3) is 0. The van der Waals surface area contributed by atoms with Crippen LogP contribution in [0.2, 0.25) is 0 Å². The molecule has 0 fully saturated rings. The highest BCUT2D eigenvalue weighted by molar-refractivity contribution is 7.80. The van der Waals surface area contributed by atoms with Crippen molar-refractivity contribution in [3.8, 4) is 0 Å². The lowest BCUT2D eigenvalue weighted by Gasteiger charge is -2.04. The number of nitrogens with one attached hydrogen (secondary N) is 2. The molecule has 0 unspecified atom stereocenters. The molecule has 5 nitrogen and oxygen atoms in total. The van der Waals surface area contributed by atoms with Crippen LogP contribution in [0.5, 0.6) is 0 Å². The molecule has 0 amide bonds. The van der Waals surface area contributed by atoms with E-state index in [2.05, 4.69) is 25.8 Å². The van der Waals surface area contributed by atoms with Gasteiger partial charge >= 0.3 is 0 Å². The van der Waals surface area contributed by atoms with Gasteiger partial charge in [-0.2, -0.15) is 5.10 Å². The Balaban J connectivity index is 1.84. The largest absolute Gasteiger partial charge is 0.316 e. The lowest BCUT2D eigenvalue weighted by molar-refractivity contribution is 1.04. The Labute approximate surface area is 110 Å². The van der Waals surface area contributed by atoms with Crippen molar-refractivity contribution in [1.29, 1.82) is 0 Å². The van der Waals surface area contributed by atoms with E-state index in [9.17, 15) is 0 Å². The van der Waals surface area contributed by atoms with Gasteiger partial charge in [-0.1, -0.05) is 12.1 Å². The van der Waals surface area contributed by atoms with Gasteiger partial charge in [-0.15, -0.1) is 0 Å². The Morgan fingerprint density at radius 2 is 1.89 bits per heavy atom. The number of hydrazone groups is 1. The van der Waals surface area contributed by atoms with Gasteiger partial charge in [0, 0.05) is 12.4 Å². The van der Waals surface area contributed by atoms with Gasteiger partial charge in [0.2, 0.25) is 0 Å². The van der Waals surface area contributed by atoms with Crippen LogP contribution in [0.3, 0.4) is 0 Å². The van der Waals surface area contributed by atoms with Crippen molar-refractivity contribution < 1.29 is 0 Å². The standard InChI is InChI=1S/C12H11N5S/c18-12(16-11-6-2-4-8-14-11)17-15-9-10-5-1-3-7-13-10/h1-9H,(H2,14,16,17,18)/b15-9+. The van der Waals surface area contributed by atoms with Crippen LogP contribution in [0.1, 0.15) is 5.69 Å². The van der Waals surface area contributed by atoms with Crippen molar-refractivity contribution in [1.82, 2.24) is 15.4 Å². The first kappa shape index (κ1) is 12.1. The van der Waals surface area contributed by atoms with Gasteiger partial charge in [0.05, 0.1) is 11.9 Å². The molecule has 0 atom stereocenters. The summed E-state index contributed by atoms with van der Waals surface area (Å²) in [6.07, 6.45) is 4.97. The van der Waals surface area contributed by atoms with Gasteiger partial charge in [0.15, 0.2) is 5.11 Å². The zero-order chi connectivity index (χ0) is 12.6. The van der Waals surface area contributed by atoms with Crippen LogP contribution in [0.15, 0.2) is 53.9 Å². The lowest BCUT2D eigenvalue weighted by atomic mass is 10.4. The summed E-state index contributed by atoms with van der Waals surface area (Å²) in [5.74, 6) is 0.669. The van der Waals surface area contributed by atoms with E-state index in [-0.39, 0.29) is 0 Å². The number of thiocarbonyl (C=S) groups is 1. The molecule has 0 aliphatic rings. The molecule has 0 saturated carbocycles. The third-order valence-corrected chi connectivity index (χ3v) is 2.15. The molecule has 18 heavy (non-hydrogen) atoms. The quantitative estimate of drug-likeness (QED) is 0.499. The number of hydrogen-bond donors (Lipinski definition) is 2. The van der Waals surface area contributed by atoms with Gasteiger partial charge in [0.25, 0.3) is 0 Å². The topological polar surface area (TPSA) is 62.2 Å². The van der Waals surface area contributed by atoms with Crippen molar-refractivity contribution in [3.63, 3.8) is 0 Å². The van der Waals surface area contributed by atoms with E-state index in [1.165, 1.54) is 0 Å². The Morgan fingerprint density at radius 1 is 1.11 bits per heavy atom. The molecule has 2 rings (SSSR count). The molecule has 0 radical (unpaired) electrons. The number of rotatable bonds is 3. The molecule has 0 aromatic carbocycles. The minimum Gasteiger partial charge on any atom is -0.316 e. The van der Waals surface area contributed by atoms with Gasteiger partial charge in [-0.3, -0.25) is 10.4 Å². The Hall–Kier alpha value is -2.34. The second-order valence-corrected chi connectivity index (χ2v) is 3.70. The molecule has 0 saturated heterocycles. The molecule has 0 spiro atoms. The normalized spacial score (nSPS) is 10.2. The SMILES string of the molecule is S=C(N/N=C/c1ccccn1)Nc1ccccn1. The van der Waals surface area contributed by atoms with Crippen LogP contribution >= 0.6 is 12.2 Å². The average molecular weight is 257 g/mol. The van der Waals surface area contributed by atoms with Crippen molar-refractivity contribution in [2.75, 3.05) is 5.32 Å². The van der Waals surface area contributed by atoms with Gasteiger partial charge in [0.1, 0.15) is 5.82 Å². The predicted octanol–water partition coefficient (Wildman–Crippen LogP) is 1.80. The van der Waals surface area contributed by atoms with Crippen molar-refractivity contribution in [2.45, 2.75) is 0 Å². The second kappa shape index (κ2) is 6.41. The number of hydrogen-bond acceptors (Lipinski definition) is 4. The smallest absolute Gasteiger partial charge is 0.192 e. The summed E-state index contributed by atoms with van der Waals surface area (Å²) in [7, 11) is 0. The van der Waals surface area contributed by atoms with E-state index >= 15 is 0 Å². The molecule has 2 aromatic rings. The van der Waals surface area contributed by atoms with E-state index in [4.69, 9.17) is 12.2 Å². The number of anilines is 1. The predicted molar refractivity (Wildman–Crippen MR) is 75.4 cm³/mol. The molecule has 2 aromatic heterocycles. The molecule has 0 bridgehead atoms. The van der Waals surface area contributed by atoms with E-state index in [0.29, 0.717) is 10.9 Å². The average Bonchev–Trinajstić information content (AvgIpc) is 2.41. The highest BCUT2D eigenvalue weighted by Crippen LogP contribution is 1.98. The van der Waals surface area contributed by atoms with Crippen LogP contribution in [0.25, 0.3) is 0 Å². The number of nitrogens with zero attached hydrogens (tertiary/aromatic N) is 3. The van der Waals surface area contributed by atoms with E-state index in [1.54, 1.807) is 18.6 Å². The highest BCUT2D eigenvalue weighted by Gasteiger charge is 1.95. The molecular weight excluding hydrogens is 246 g/mol. The summed E-state index contributed by atoms with van der Waals surface area (Å²) in [4.78, 5) is 8.18. The second-order valence-electron chi connectivity index (χ2n) is 3.29. The molecule has 0 aliphatic heterocycles. The summed E-state index contributed by atoms with van der Waals surface area (Å²) >= 11 is 5.06. The summed E-state index contributed by atoms with van der Waals surface area (Å²) in [5.41, 5.74) is 3.44. The Kier molecular flexibility index (Phi) is 4.32. The fourth-order valence-electron chi connectivity index (χ4n) is 1.19. The van der Waals surface area contributed by atoms with E-state index in [0.717, 1.165) is 5.69 Å². The first-order valence-corrected chi connectivity index (χ1v) is 5.67. The molecular formula is C12H11N5S. The minimum absolute atomic E-state index is 0.376. The number of aromatic nitrogens is 2. The van der Waals surface area contributed by atoms with E-state index in [1.807, 2.05) is 36.4 Å². The van der Waals surface area contributed by atoms with E-state index < -0.39 is 0 Å². The summed E-state index contributed by atoms with van der Waals surface area (Å²) in [6, 6.07) is 11.1. The van der Waals surface area contributed by atoms with Crippen LogP contribution in [-0.4, -0.2) is 21.3 Å². The van der Waals surface area contributed by atoms with Crippen molar-refractivity contribution in [2.24, 2.45) is 5.10 Å². The molecule has 0 aliphatic carbocycles. The van der Waals surface area contributed by atoms with Gasteiger partial charge in [-0.25, -0.2) is 4.98 Å². The summed E-state index contributed by atoms with van der Waals surface area (Å²) in [5, 5.41) is 7.25. The molecule has 90 valence electrons. The fourth-order valence-corrected chi connectivity index (χ4v) is 1.35. The first-order chi connectivity index (χ1) is 8.84. The first-order valence-electron chi connectivity index (χ1n) is 5.27. The zero-order valence-corrected chi connectivity index (χ0v) is 10.3. The van der Waals surface area contributed by atoms with Crippen LogP contribution in [-0.2, 0) is 0 Å². The van der Waals surface area contributed by atoms with Crippen molar-refractivity contribution in [3.05, 3.63) is 54.5 Å². The van der Waals surface area contributed by atoms with Gasteiger partial charge < -0.3 is 5.32 Å². The maximum absolute atomic E-state index is 5.06. The summed E-state index contributed by atoms with van der Waals surface area (Å²) < 4.78 is 0. The van der Waals surface area contributed by atoms with Gasteiger partial charge in [-0.05, 0) is 36.5 Å². The lowest BCUT2D eigenvalue weighted by Crippen LogP contribution is -2.24. The maximum atomic E-state index is 5.06. The minimum atomic E-state index is 0.376. The third-order valence-electron chi connectivity index (χ3n) is 1.96. The maximum Gasteiger partial charge on any atom is 0.192 e. The van der Waals surface area contributed by atoms with Crippen molar-refractivity contribution >= 4 is 29.4 Å². The summed E-state index contributed by atoms with van der Waals surface area (Å²) in [6.45, 7) is 0. The number of pyridine rings is 2.